The van der Waals surface area contributed by atoms with E-state index >= 15 is 0 Å². The summed E-state index contributed by atoms with van der Waals surface area (Å²) in [6.07, 6.45) is 2.76. The highest BCUT2D eigenvalue weighted by molar-refractivity contribution is 5.96. The molecule has 5 rings (SSSR count). The Balaban J connectivity index is 1.57. The predicted molar refractivity (Wildman–Crippen MR) is 112 cm³/mol. The zero-order chi connectivity index (χ0) is 23.5. The molecule has 4 aliphatic carbocycles. The number of alkyl halides is 3. The topological polar surface area (TPSA) is 83.4 Å². The summed E-state index contributed by atoms with van der Waals surface area (Å²) in [6, 6.07) is 0.949. The first-order valence-corrected chi connectivity index (χ1v) is 11.1. The van der Waals surface area contributed by atoms with E-state index in [1.807, 2.05) is 0 Å². The Morgan fingerprint density at radius 2 is 1.81 bits per heavy atom. The summed E-state index contributed by atoms with van der Waals surface area (Å²) in [5.74, 6) is -0.457. The molecule has 0 spiro atoms. The Labute approximate surface area is 185 Å². The van der Waals surface area contributed by atoms with Gasteiger partial charge in [0, 0.05) is 25.5 Å². The van der Waals surface area contributed by atoms with Crippen LogP contribution in [0.1, 0.15) is 62.0 Å². The van der Waals surface area contributed by atoms with Gasteiger partial charge in [-0.25, -0.2) is 0 Å². The Kier molecular flexibility index (Phi) is 5.47. The van der Waals surface area contributed by atoms with Crippen molar-refractivity contribution >= 4 is 18.0 Å². The number of nitrogens with zero attached hydrogens (tertiary/aromatic N) is 1. The fraction of sp³-hybridized carbons (Fsp3) is 0.652. The van der Waals surface area contributed by atoms with Crippen LogP contribution in [0.5, 0.6) is 0 Å². The third-order valence-corrected chi connectivity index (χ3v) is 7.43. The maximum absolute atomic E-state index is 13.9. The van der Waals surface area contributed by atoms with Crippen LogP contribution in [0.15, 0.2) is 18.3 Å². The second-order valence-corrected chi connectivity index (χ2v) is 10.3. The average molecular weight is 454 g/mol. The number of hydrogen-bond donors (Lipinski definition) is 3. The molecule has 4 bridgehead atoms. The van der Waals surface area contributed by atoms with Crippen LogP contribution in [0, 0.1) is 23.2 Å². The van der Waals surface area contributed by atoms with E-state index in [1.54, 1.807) is 13.8 Å². The van der Waals surface area contributed by atoms with Crippen molar-refractivity contribution < 1.29 is 27.9 Å². The van der Waals surface area contributed by atoms with E-state index in [0.29, 0.717) is 18.8 Å². The average Bonchev–Trinajstić information content (AvgIpc) is 3.12. The summed E-state index contributed by atoms with van der Waals surface area (Å²) in [4.78, 5) is 24.9. The summed E-state index contributed by atoms with van der Waals surface area (Å²) in [7, 11) is 1.46. The number of aromatic nitrogens is 1. The van der Waals surface area contributed by atoms with Crippen LogP contribution in [-0.2, 0) is 11.0 Å². The van der Waals surface area contributed by atoms with Gasteiger partial charge in [-0.2, -0.15) is 13.2 Å². The highest BCUT2D eigenvalue weighted by atomic mass is 19.4. The summed E-state index contributed by atoms with van der Waals surface area (Å²) < 4.78 is 42.6. The number of halogens is 3. The Morgan fingerprint density at radius 3 is 2.34 bits per heavy atom. The van der Waals surface area contributed by atoms with Crippen LogP contribution in [-0.4, -0.2) is 40.2 Å². The Morgan fingerprint density at radius 1 is 1.19 bits per heavy atom. The van der Waals surface area contributed by atoms with Crippen LogP contribution < -0.4 is 10.6 Å². The van der Waals surface area contributed by atoms with Gasteiger partial charge in [0.1, 0.15) is 5.69 Å². The first-order valence-electron chi connectivity index (χ1n) is 11.1. The van der Waals surface area contributed by atoms with E-state index in [2.05, 4.69) is 10.6 Å². The molecule has 1 heterocycles. The largest absolute Gasteiger partial charge is 0.432 e. The molecular formula is C23H30F3N3O3. The quantitative estimate of drug-likeness (QED) is 0.639. The fourth-order valence-electron chi connectivity index (χ4n) is 6.16. The zero-order valence-corrected chi connectivity index (χ0v) is 18.5. The molecule has 2 amide bonds. The van der Waals surface area contributed by atoms with Gasteiger partial charge in [0.15, 0.2) is 0 Å². The number of amides is 2. The highest BCUT2D eigenvalue weighted by Crippen LogP contribution is 2.55. The Bertz CT molecular complexity index is 934. The molecule has 0 radical (unpaired) electrons. The molecule has 2 atom stereocenters. The lowest BCUT2D eigenvalue weighted by Crippen LogP contribution is -2.61. The standard InChI is InChI=1S/C23H30F3N3O3/c1-21(2,20(31)27-3)5-7-29-6-4-16(18(29)23(24,25)26)19(30)28-17-14-8-13-9-15(17)12-22(32,10-13)11-14/h4-7,13-15,17,32H,8-12H2,1-3H3,(H,27,31)(H,28,30)/b7-5+. The van der Waals surface area contributed by atoms with Gasteiger partial charge < -0.3 is 20.3 Å². The molecule has 6 nitrogen and oxygen atoms in total. The van der Waals surface area contributed by atoms with Gasteiger partial charge in [-0.05, 0) is 69.8 Å². The van der Waals surface area contributed by atoms with Crippen molar-refractivity contribution in [2.75, 3.05) is 7.05 Å². The van der Waals surface area contributed by atoms with Crippen molar-refractivity contribution in [1.82, 2.24) is 15.2 Å². The summed E-state index contributed by atoms with van der Waals surface area (Å²) >= 11 is 0. The van der Waals surface area contributed by atoms with Gasteiger partial charge in [-0.3, -0.25) is 9.59 Å². The maximum atomic E-state index is 13.9. The second-order valence-electron chi connectivity index (χ2n) is 10.3. The lowest BCUT2D eigenvalue weighted by atomic mass is 9.52. The molecule has 4 saturated carbocycles. The monoisotopic (exact) mass is 453 g/mol. The normalized spacial score (nSPS) is 31.8. The van der Waals surface area contributed by atoms with Crippen molar-refractivity contribution in [2.24, 2.45) is 23.2 Å². The van der Waals surface area contributed by atoms with Gasteiger partial charge in [0.2, 0.25) is 5.91 Å². The smallest absolute Gasteiger partial charge is 0.390 e. The molecular weight excluding hydrogens is 423 g/mol. The van der Waals surface area contributed by atoms with Crippen LogP contribution >= 0.6 is 0 Å². The van der Waals surface area contributed by atoms with Gasteiger partial charge in [0.25, 0.3) is 5.91 Å². The van der Waals surface area contributed by atoms with E-state index in [0.717, 1.165) is 23.8 Å². The van der Waals surface area contributed by atoms with Gasteiger partial charge >= 0.3 is 6.18 Å². The number of hydrogen-bond acceptors (Lipinski definition) is 3. The van der Waals surface area contributed by atoms with E-state index in [9.17, 15) is 27.9 Å². The molecule has 0 aliphatic heterocycles. The zero-order valence-electron chi connectivity index (χ0n) is 18.5. The van der Waals surface area contributed by atoms with Gasteiger partial charge in [-0.15, -0.1) is 0 Å². The molecule has 2 unspecified atom stereocenters. The van der Waals surface area contributed by atoms with Crippen molar-refractivity contribution in [3.05, 3.63) is 29.6 Å². The summed E-state index contributed by atoms with van der Waals surface area (Å²) in [6.45, 7) is 3.18. The summed E-state index contributed by atoms with van der Waals surface area (Å²) in [5.41, 5.74) is -3.21. The Hall–Kier alpha value is -2.29. The first kappa shape index (κ1) is 22.9. The minimum Gasteiger partial charge on any atom is -0.390 e. The molecule has 1 aromatic heterocycles. The number of aliphatic hydroxyl groups is 1. The summed E-state index contributed by atoms with van der Waals surface area (Å²) in [5, 5.41) is 16.1. The van der Waals surface area contributed by atoms with Crippen LogP contribution in [0.2, 0.25) is 0 Å². The molecule has 4 fully saturated rings. The SMILES string of the molecule is CNC(=O)C(C)(C)/C=C/n1ccc(C(=O)NC2C3CC4CC2CC(O)(C4)C3)c1C(F)(F)F. The molecule has 1 aromatic rings. The third kappa shape index (κ3) is 4.07. The van der Waals surface area contributed by atoms with E-state index in [-0.39, 0.29) is 23.8 Å². The van der Waals surface area contributed by atoms with E-state index in [1.165, 1.54) is 31.6 Å². The second kappa shape index (κ2) is 7.64. The molecule has 32 heavy (non-hydrogen) atoms. The highest BCUT2D eigenvalue weighted by Gasteiger charge is 2.55. The third-order valence-electron chi connectivity index (χ3n) is 7.43. The lowest BCUT2D eigenvalue weighted by molar-refractivity contribution is -0.142. The molecule has 0 saturated heterocycles. The first-order chi connectivity index (χ1) is 14.8. The molecule has 3 N–H and O–H groups in total. The maximum Gasteiger partial charge on any atom is 0.432 e. The molecule has 0 aromatic carbocycles. The van der Waals surface area contributed by atoms with Gasteiger partial charge in [0.05, 0.1) is 16.6 Å². The number of carbonyl (C=O) groups excluding carboxylic acids is 2. The van der Waals surface area contributed by atoms with Crippen molar-refractivity contribution in [1.29, 1.82) is 0 Å². The minimum absolute atomic E-state index is 0.0971. The molecule has 9 heteroatoms. The van der Waals surface area contributed by atoms with E-state index in [4.69, 9.17) is 0 Å². The van der Waals surface area contributed by atoms with Gasteiger partial charge in [-0.1, -0.05) is 6.08 Å². The molecule has 4 aliphatic rings. The minimum atomic E-state index is -4.75. The van der Waals surface area contributed by atoms with Crippen molar-refractivity contribution in [2.45, 2.75) is 63.8 Å². The number of nitrogens with one attached hydrogen (secondary N) is 2. The van der Waals surface area contributed by atoms with Crippen molar-refractivity contribution in [3.8, 4) is 0 Å². The predicted octanol–water partition coefficient (Wildman–Crippen LogP) is 3.42. The fourth-order valence-corrected chi connectivity index (χ4v) is 6.16. The van der Waals surface area contributed by atoms with Crippen LogP contribution in [0.3, 0.4) is 0 Å². The van der Waals surface area contributed by atoms with Crippen LogP contribution in [0.25, 0.3) is 6.20 Å². The lowest BCUT2D eigenvalue weighted by Gasteiger charge is -2.58. The van der Waals surface area contributed by atoms with Crippen molar-refractivity contribution in [3.63, 3.8) is 0 Å². The van der Waals surface area contributed by atoms with E-state index < -0.39 is 34.4 Å². The number of carbonyl (C=O) groups is 2. The number of rotatable bonds is 5. The molecule has 176 valence electrons. The van der Waals surface area contributed by atoms with Crippen LogP contribution in [0.4, 0.5) is 13.2 Å².